The Hall–Kier alpha value is -1.22. The molecule has 0 saturated carbocycles. The maximum atomic E-state index is 5.90. The van der Waals surface area contributed by atoms with E-state index >= 15 is 0 Å². The van der Waals surface area contributed by atoms with Gasteiger partial charge in [0.05, 0.1) is 6.61 Å². The molecule has 1 aromatic carbocycles. The first kappa shape index (κ1) is 12.8. The third-order valence-corrected chi connectivity index (χ3v) is 2.42. The first-order valence-corrected chi connectivity index (χ1v) is 5.74. The van der Waals surface area contributed by atoms with Gasteiger partial charge in [0.15, 0.2) is 0 Å². The van der Waals surface area contributed by atoms with Crippen LogP contribution >= 0.6 is 0 Å². The van der Waals surface area contributed by atoms with Crippen LogP contribution in [-0.2, 0) is 0 Å². The fourth-order valence-corrected chi connectivity index (χ4v) is 1.21. The molecule has 90 valence electrons. The van der Waals surface area contributed by atoms with E-state index in [2.05, 4.69) is 13.8 Å². The minimum absolute atomic E-state index is 0.0655. The van der Waals surface area contributed by atoms with Crippen molar-refractivity contribution >= 4 is 0 Å². The second kappa shape index (κ2) is 6.38. The molecule has 0 aliphatic heterocycles. The van der Waals surface area contributed by atoms with Crippen LogP contribution in [0.4, 0.5) is 0 Å². The minimum Gasteiger partial charge on any atom is -0.494 e. The smallest absolute Gasteiger partial charge is 0.123 e. The van der Waals surface area contributed by atoms with Crippen LogP contribution in [0.25, 0.3) is 0 Å². The van der Waals surface area contributed by atoms with Crippen LogP contribution in [0.2, 0.25) is 0 Å². The van der Waals surface area contributed by atoms with Gasteiger partial charge in [-0.2, -0.15) is 0 Å². The van der Waals surface area contributed by atoms with Gasteiger partial charge in [-0.25, -0.2) is 0 Å². The van der Waals surface area contributed by atoms with E-state index in [4.69, 9.17) is 15.2 Å². The lowest BCUT2D eigenvalue weighted by atomic mass is 10.1. The zero-order valence-electron chi connectivity index (χ0n) is 10.3. The zero-order chi connectivity index (χ0) is 12.0. The Kier molecular flexibility index (Phi) is 5.12. The summed E-state index contributed by atoms with van der Waals surface area (Å²) in [6.07, 6.45) is 0. The summed E-state index contributed by atoms with van der Waals surface area (Å²) >= 11 is 0. The first-order chi connectivity index (χ1) is 7.63. The molecule has 3 nitrogen and oxygen atoms in total. The van der Waals surface area contributed by atoms with Gasteiger partial charge in [-0.05, 0) is 25.0 Å². The molecule has 1 rings (SSSR count). The molecule has 0 spiro atoms. The molecule has 2 N–H and O–H groups in total. The first-order valence-electron chi connectivity index (χ1n) is 5.74. The van der Waals surface area contributed by atoms with Gasteiger partial charge < -0.3 is 15.2 Å². The van der Waals surface area contributed by atoms with Crippen molar-refractivity contribution in [2.24, 2.45) is 11.7 Å². The van der Waals surface area contributed by atoms with Crippen molar-refractivity contribution in [1.82, 2.24) is 0 Å². The summed E-state index contributed by atoms with van der Waals surface area (Å²) in [5.74, 6) is 2.07. The highest BCUT2D eigenvalue weighted by molar-refractivity contribution is 5.32. The maximum Gasteiger partial charge on any atom is 0.123 e. The number of nitrogens with two attached hydrogens (primary N) is 1. The summed E-state index contributed by atoms with van der Waals surface area (Å²) in [7, 11) is 0. The monoisotopic (exact) mass is 223 g/mol. The molecule has 0 radical (unpaired) electrons. The Morgan fingerprint density at radius 1 is 1.19 bits per heavy atom. The molecule has 0 fully saturated rings. The summed E-state index contributed by atoms with van der Waals surface area (Å²) < 4.78 is 11.0. The van der Waals surface area contributed by atoms with Crippen molar-refractivity contribution in [2.45, 2.75) is 26.8 Å². The third kappa shape index (κ3) is 4.11. The highest BCUT2D eigenvalue weighted by atomic mass is 16.5. The van der Waals surface area contributed by atoms with E-state index in [0.29, 0.717) is 19.1 Å². The zero-order valence-corrected chi connectivity index (χ0v) is 10.3. The molecule has 16 heavy (non-hydrogen) atoms. The molecule has 3 heteroatoms. The summed E-state index contributed by atoms with van der Waals surface area (Å²) in [5, 5.41) is 0. The third-order valence-electron chi connectivity index (χ3n) is 2.42. The van der Waals surface area contributed by atoms with Gasteiger partial charge >= 0.3 is 0 Å². The van der Waals surface area contributed by atoms with E-state index in [1.165, 1.54) is 0 Å². The number of ether oxygens (including phenoxy) is 2. The van der Waals surface area contributed by atoms with E-state index in [9.17, 15) is 0 Å². The Morgan fingerprint density at radius 3 is 2.38 bits per heavy atom. The second-order valence-electron chi connectivity index (χ2n) is 4.13. The largest absolute Gasteiger partial charge is 0.494 e. The second-order valence-corrected chi connectivity index (χ2v) is 4.13. The van der Waals surface area contributed by atoms with E-state index in [0.717, 1.165) is 11.5 Å². The summed E-state index contributed by atoms with van der Waals surface area (Å²) in [6.45, 7) is 7.33. The SMILES string of the molecule is CCOc1cccc(OCC(N)C(C)C)c1. The number of rotatable bonds is 6. The molecule has 0 aromatic heterocycles. The summed E-state index contributed by atoms with van der Waals surface area (Å²) in [5.41, 5.74) is 5.90. The fraction of sp³-hybridized carbons (Fsp3) is 0.538. The van der Waals surface area contributed by atoms with Crippen LogP contribution in [0, 0.1) is 5.92 Å². The standard InChI is InChI=1S/C13H21NO2/c1-4-15-11-6-5-7-12(8-11)16-9-13(14)10(2)3/h5-8,10,13H,4,9,14H2,1-3H3. The number of hydrogen-bond acceptors (Lipinski definition) is 3. The molecule has 1 aromatic rings. The van der Waals surface area contributed by atoms with E-state index < -0.39 is 0 Å². The van der Waals surface area contributed by atoms with Gasteiger partial charge in [-0.3, -0.25) is 0 Å². The molecule has 0 amide bonds. The van der Waals surface area contributed by atoms with Crippen molar-refractivity contribution < 1.29 is 9.47 Å². The number of benzene rings is 1. The summed E-state index contributed by atoms with van der Waals surface area (Å²) in [6, 6.07) is 7.70. The van der Waals surface area contributed by atoms with Crippen molar-refractivity contribution in [1.29, 1.82) is 0 Å². The van der Waals surface area contributed by atoms with Crippen LogP contribution in [0.15, 0.2) is 24.3 Å². The predicted molar refractivity (Wildman–Crippen MR) is 65.9 cm³/mol. The minimum atomic E-state index is 0.0655. The lowest BCUT2D eigenvalue weighted by molar-refractivity contribution is 0.257. The Labute approximate surface area is 97.6 Å². The summed E-state index contributed by atoms with van der Waals surface area (Å²) in [4.78, 5) is 0. The van der Waals surface area contributed by atoms with Crippen molar-refractivity contribution in [3.05, 3.63) is 24.3 Å². The topological polar surface area (TPSA) is 44.5 Å². The van der Waals surface area contributed by atoms with E-state index in [1.807, 2.05) is 31.2 Å². The van der Waals surface area contributed by atoms with Gasteiger partial charge in [-0.15, -0.1) is 0 Å². The van der Waals surface area contributed by atoms with E-state index in [1.54, 1.807) is 0 Å². The van der Waals surface area contributed by atoms with Crippen LogP contribution in [0.1, 0.15) is 20.8 Å². The number of hydrogen-bond donors (Lipinski definition) is 1. The van der Waals surface area contributed by atoms with Crippen LogP contribution in [0.3, 0.4) is 0 Å². The molecule has 0 saturated heterocycles. The lowest BCUT2D eigenvalue weighted by Crippen LogP contribution is -2.32. The normalized spacial score (nSPS) is 12.6. The van der Waals surface area contributed by atoms with Gasteiger partial charge in [0.25, 0.3) is 0 Å². The van der Waals surface area contributed by atoms with Gasteiger partial charge in [0.2, 0.25) is 0 Å². The van der Waals surface area contributed by atoms with Gasteiger partial charge in [0.1, 0.15) is 18.1 Å². The highest BCUT2D eigenvalue weighted by Gasteiger charge is 2.08. The van der Waals surface area contributed by atoms with Crippen molar-refractivity contribution in [3.63, 3.8) is 0 Å². The Morgan fingerprint density at radius 2 is 1.81 bits per heavy atom. The average molecular weight is 223 g/mol. The van der Waals surface area contributed by atoms with Crippen molar-refractivity contribution in [2.75, 3.05) is 13.2 Å². The maximum absolute atomic E-state index is 5.90. The molecular formula is C13H21NO2. The molecule has 1 unspecified atom stereocenters. The Balaban J connectivity index is 2.50. The average Bonchev–Trinajstić information content (AvgIpc) is 2.26. The molecular weight excluding hydrogens is 202 g/mol. The lowest BCUT2D eigenvalue weighted by Gasteiger charge is -2.16. The highest BCUT2D eigenvalue weighted by Crippen LogP contribution is 2.19. The predicted octanol–water partition coefficient (Wildman–Crippen LogP) is 2.45. The molecule has 0 heterocycles. The molecule has 1 atom stereocenters. The Bertz CT molecular complexity index is 313. The van der Waals surface area contributed by atoms with Crippen LogP contribution < -0.4 is 15.2 Å². The quantitative estimate of drug-likeness (QED) is 0.805. The van der Waals surface area contributed by atoms with Crippen molar-refractivity contribution in [3.8, 4) is 11.5 Å². The van der Waals surface area contributed by atoms with Crippen LogP contribution in [0.5, 0.6) is 11.5 Å². The van der Waals surface area contributed by atoms with Gasteiger partial charge in [0, 0.05) is 12.1 Å². The van der Waals surface area contributed by atoms with Crippen LogP contribution in [-0.4, -0.2) is 19.3 Å². The molecule has 0 aliphatic rings. The van der Waals surface area contributed by atoms with E-state index in [-0.39, 0.29) is 6.04 Å². The van der Waals surface area contributed by atoms with Gasteiger partial charge in [-0.1, -0.05) is 19.9 Å². The molecule has 0 bridgehead atoms. The fourth-order valence-electron chi connectivity index (χ4n) is 1.21. The molecule has 0 aliphatic carbocycles.